The van der Waals surface area contributed by atoms with E-state index in [1.54, 1.807) is 19.2 Å². The van der Waals surface area contributed by atoms with E-state index >= 15 is 0 Å². The van der Waals surface area contributed by atoms with Crippen LogP contribution in [0.2, 0.25) is 5.02 Å². The van der Waals surface area contributed by atoms with Crippen LogP contribution in [-0.2, 0) is 0 Å². The van der Waals surface area contributed by atoms with Crippen molar-refractivity contribution in [3.05, 3.63) is 67.9 Å². The maximum absolute atomic E-state index is 13.0. The van der Waals surface area contributed by atoms with Gasteiger partial charge in [0.05, 0.1) is 18.2 Å². The number of methoxy groups -OCH3 is 1. The molecule has 0 aliphatic heterocycles. The van der Waals surface area contributed by atoms with Crippen LogP contribution in [0.4, 0.5) is 0 Å². The third kappa shape index (κ3) is 3.34. The number of thiazole rings is 1. The van der Waals surface area contributed by atoms with Crippen molar-refractivity contribution < 1.29 is 9.47 Å². The van der Waals surface area contributed by atoms with Crippen LogP contribution in [0.3, 0.4) is 0 Å². The smallest absolute Gasteiger partial charge is 0.276 e. The summed E-state index contributed by atoms with van der Waals surface area (Å²) in [5, 5.41) is 8.87. The van der Waals surface area contributed by atoms with Crippen molar-refractivity contribution in [3.8, 4) is 22.9 Å². The molecule has 8 heteroatoms. The highest BCUT2D eigenvalue weighted by molar-refractivity contribution is 7.15. The zero-order chi connectivity index (χ0) is 19.7. The molecule has 0 spiro atoms. The van der Waals surface area contributed by atoms with E-state index < -0.39 is 0 Å². The normalized spacial score (nSPS) is 11.9. The SMILES string of the molecule is CCOc1ccc(/C=c2\sc3nnc(-c4cccc(Cl)c4)n3c2=O)cc1OC. The van der Waals surface area contributed by atoms with Crippen LogP contribution in [0.25, 0.3) is 22.4 Å². The highest BCUT2D eigenvalue weighted by Crippen LogP contribution is 2.28. The molecule has 0 atom stereocenters. The Morgan fingerprint density at radius 3 is 2.79 bits per heavy atom. The molecule has 0 saturated carbocycles. The van der Waals surface area contributed by atoms with E-state index in [2.05, 4.69) is 10.2 Å². The molecule has 0 aliphatic rings. The molecule has 2 aromatic carbocycles. The number of benzene rings is 2. The van der Waals surface area contributed by atoms with Gasteiger partial charge in [-0.3, -0.25) is 4.79 Å². The fraction of sp³-hybridized carbons (Fsp3) is 0.150. The van der Waals surface area contributed by atoms with Gasteiger partial charge in [-0.15, -0.1) is 10.2 Å². The van der Waals surface area contributed by atoms with Crippen LogP contribution in [0.15, 0.2) is 47.3 Å². The van der Waals surface area contributed by atoms with Gasteiger partial charge in [0.2, 0.25) is 4.96 Å². The molecule has 6 nitrogen and oxygen atoms in total. The van der Waals surface area contributed by atoms with Crippen LogP contribution < -0.4 is 19.6 Å². The first-order valence-corrected chi connectivity index (χ1v) is 9.76. The summed E-state index contributed by atoms with van der Waals surface area (Å²) < 4.78 is 13.0. The summed E-state index contributed by atoms with van der Waals surface area (Å²) in [5.41, 5.74) is 1.40. The maximum atomic E-state index is 13.0. The average molecular weight is 414 g/mol. The number of rotatable bonds is 5. The number of hydrogen-bond acceptors (Lipinski definition) is 6. The van der Waals surface area contributed by atoms with E-state index in [4.69, 9.17) is 21.1 Å². The molecular weight excluding hydrogens is 398 g/mol. The Bertz CT molecular complexity index is 1270. The minimum absolute atomic E-state index is 0.173. The Kier molecular flexibility index (Phi) is 5.02. The molecule has 0 unspecified atom stereocenters. The Labute approximate surface area is 169 Å². The van der Waals surface area contributed by atoms with Gasteiger partial charge in [0.1, 0.15) is 0 Å². The van der Waals surface area contributed by atoms with E-state index in [1.165, 1.54) is 15.7 Å². The lowest BCUT2D eigenvalue weighted by atomic mass is 10.2. The van der Waals surface area contributed by atoms with Crippen LogP contribution in [0.1, 0.15) is 12.5 Å². The molecule has 0 N–H and O–H groups in total. The van der Waals surface area contributed by atoms with Gasteiger partial charge in [0.25, 0.3) is 5.56 Å². The summed E-state index contributed by atoms with van der Waals surface area (Å²) in [7, 11) is 1.59. The molecule has 0 saturated heterocycles. The first kappa shape index (κ1) is 18.5. The third-order valence-electron chi connectivity index (χ3n) is 4.12. The van der Waals surface area contributed by atoms with Crippen molar-refractivity contribution >= 4 is 34.0 Å². The molecule has 28 heavy (non-hydrogen) atoms. The van der Waals surface area contributed by atoms with Crippen molar-refractivity contribution in [1.82, 2.24) is 14.6 Å². The highest BCUT2D eigenvalue weighted by Gasteiger charge is 2.14. The van der Waals surface area contributed by atoms with E-state index in [-0.39, 0.29) is 5.56 Å². The van der Waals surface area contributed by atoms with E-state index in [0.717, 1.165) is 11.1 Å². The van der Waals surface area contributed by atoms with Gasteiger partial charge in [-0.05, 0) is 42.8 Å². The third-order valence-corrected chi connectivity index (χ3v) is 5.31. The van der Waals surface area contributed by atoms with Gasteiger partial charge in [-0.2, -0.15) is 0 Å². The largest absolute Gasteiger partial charge is 0.493 e. The fourth-order valence-corrected chi connectivity index (χ4v) is 3.98. The number of hydrogen-bond donors (Lipinski definition) is 0. The Morgan fingerprint density at radius 2 is 2.04 bits per heavy atom. The second-order valence-corrected chi connectivity index (χ2v) is 7.36. The summed E-state index contributed by atoms with van der Waals surface area (Å²) in [5.74, 6) is 1.76. The van der Waals surface area contributed by atoms with Gasteiger partial charge >= 0.3 is 0 Å². The van der Waals surface area contributed by atoms with E-state index in [9.17, 15) is 4.79 Å². The van der Waals surface area contributed by atoms with Gasteiger partial charge in [0, 0.05) is 10.6 Å². The predicted octanol–water partition coefficient (Wildman–Crippen LogP) is 3.43. The number of nitrogens with zero attached hydrogens (tertiary/aromatic N) is 3. The second-order valence-electron chi connectivity index (χ2n) is 5.91. The Balaban J connectivity index is 1.82. The summed E-state index contributed by atoms with van der Waals surface area (Å²) in [6.45, 7) is 2.46. The summed E-state index contributed by atoms with van der Waals surface area (Å²) in [6, 6.07) is 12.7. The molecule has 4 aromatic rings. The topological polar surface area (TPSA) is 65.7 Å². The van der Waals surface area contributed by atoms with Crippen molar-refractivity contribution in [3.63, 3.8) is 0 Å². The molecule has 0 aliphatic carbocycles. The van der Waals surface area contributed by atoms with Gasteiger partial charge in [-0.1, -0.05) is 41.1 Å². The predicted molar refractivity (Wildman–Crippen MR) is 111 cm³/mol. The Morgan fingerprint density at radius 1 is 1.18 bits per heavy atom. The van der Waals surface area contributed by atoms with Crippen LogP contribution in [0, 0.1) is 0 Å². The number of halogens is 1. The summed E-state index contributed by atoms with van der Waals surface area (Å²) in [6.07, 6.45) is 1.81. The summed E-state index contributed by atoms with van der Waals surface area (Å²) >= 11 is 7.35. The molecule has 2 heterocycles. The first-order valence-electron chi connectivity index (χ1n) is 8.57. The maximum Gasteiger partial charge on any atom is 0.276 e. The van der Waals surface area contributed by atoms with Gasteiger partial charge < -0.3 is 9.47 Å². The van der Waals surface area contributed by atoms with Crippen molar-refractivity contribution in [1.29, 1.82) is 0 Å². The Hall–Kier alpha value is -2.90. The molecule has 0 radical (unpaired) electrons. The minimum Gasteiger partial charge on any atom is -0.493 e. The van der Waals surface area contributed by atoms with Crippen molar-refractivity contribution in [2.24, 2.45) is 0 Å². The molecule has 2 aromatic heterocycles. The summed E-state index contributed by atoms with van der Waals surface area (Å²) in [4.78, 5) is 13.5. The molecule has 4 rings (SSSR count). The van der Waals surface area contributed by atoms with Crippen molar-refractivity contribution in [2.45, 2.75) is 6.92 Å². The lowest BCUT2D eigenvalue weighted by Gasteiger charge is -2.09. The molecule has 0 fully saturated rings. The van der Waals surface area contributed by atoms with Crippen LogP contribution in [-0.4, -0.2) is 28.3 Å². The molecule has 0 bridgehead atoms. The lowest BCUT2D eigenvalue weighted by Crippen LogP contribution is -2.23. The molecule has 0 amide bonds. The zero-order valence-electron chi connectivity index (χ0n) is 15.2. The quantitative estimate of drug-likeness (QED) is 0.501. The number of ether oxygens (including phenoxy) is 2. The van der Waals surface area contributed by atoms with E-state index in [0.29, 0.717) is 38.4 Å². The van der Waals surface area contributed by atoms with Gasteiger partial charge in [0.15, 0.2) is 17.3 Å². The van der Waals surface area contributed by atoms with Crippen LogP contribution >= 0.6 is 22.9 Å². The monoisotopic (exact) mass is 413 g/mol. The standard InChI is InChI=1S/C20H16ClN3O3S/c1-3-27-15-8-7-12(9-16(15)26-2)10-17-19(25)24-18(22-23-20(24)28-17)13-5-4-6-14(21)11-13/h4-11H,3H2,1-2H3/b17-10-. The second kappa shape index (κ2) is 7.61. The number of fused-ring (bicyclic) bond motifs is 1. The highest BCUT2D eigenvalue weighted by atomic mass is 35.5. The molecular formula is C20H16ClN3O3S. The first-order chi connectivity index (χ1) is 13.6. The minimum atomic E-state index is -0.173. The van der Waals surface area contributed by atoms with Crippen molar-refractivity contribution in [2.75, 3.05) is 13.7 Å². The fourth-order valence-electron chi connectivity index (χ4n) is 2.88. The van der Waals surface area contributed by atoms with Crippen LogP contribution in [0.5, 0.6) is 11.5 Å². The van der Waals surface area contributed by atoms with Gasteiger partial charge in [-0.25, -0.2) is 4.40 Å². The number of aromatic nitrogens is 3. The zero-order valence-corrected chi connectivity index (χ0v) is 16.8. The lowest BCUT2D eigenvalue weighted by molar-refractivity contribution is 0.311. The van der Waals surface area contributed by atoms with E-state index in [1.807, 2.05) is 43.3 Å². The molecule has 142 valence electrons. The average Bonchev–Trinajstić information content (AvgIpc) is 3.24.